The predicted octanol–water partition coefficient (Wildman–Crippen LogP) is 2.56. The SMILES string of the molecule is Cc1cc(Br)c(=O)n(CC(=O)Nc2ccccc2)c1. The summed E-state index contributed by atoms with van der Waals surface area (Å²) in [6.45, 7) is 1.86. The Hall–Kier alpha value is -1.88. The van der Waals surface area contributed by atoms with Gasteiger partial charge in [0, 0.05) is 11.9 Å². The van der Waals surface area contributed by atoms with E-state index in [0.717, 1.165) is 5.56 Å². The number of pyridine rings is 1. The number of nitrogens with one attached hydrogen (secondary N) is 1. The lowest BCUT2D eigenvalue weighted by atomic mass is 10.3. The van der Waals surface area contributed by atoms with Gasteiger partial charge < -0.3 is 9.88 Å². The molecule has 2 aromatic rings. The number of aryl methyl sites for hydroxylation is 1. The van der Waals surface area contributed by atoms with Crippen LogP contribution in [-0.4, -0.2) is 10.5 Å². The zero-order chi connectivity index (χ0) is 13.8. The lowest BCUT2D eigenvalue weighted by Crippen LogP contribution is -2.27. The number of amides is 1. The van der Waals surface area contributed by atoms with Gasteiger partial charge in [-0.1, -0.05) is 18.2 Å². The summed E-state index contributed by atoms with van der Waals surface area (Å²) in [5.41, 5.74) is 1.42. The minimum absolute atomic E-state index is 0.00594. The summed E-state index contributed by atoms with van der Waals surface area (Å²) in [4.78, 5) is 23.7. The number of anilines is 1. The molecule has 2 rings (SSSR count). The van der Waals surface area contributed by atoms with E-state index in [1.54, 1.807) is 24.4 Å². The van der Waals surface area contributed by atoms with Gasteiger partial charge in [-0.2, -0.15) is 0 Å². The molecule has 0 atom stereocenters. The Kier molecular flexibility index (Phi) is 4.16. The number of hydrogen-bond acceptors (Lipinski definition) is 2. The Balaban J connectivity index is 2.14. The van der Waals surface area contributed by atoms with E-state index < -0.39 is 0 Å². The van der Waals surface area contributed by atoms with E-state index in [1.165, 1.54) is 4.57 Å². The van der Waals surface area contributed by atoms with Gasteiger partial charge in [0.1, 0.15) is 6.54 Å². The lowest BCUT2D eigenvalue weighted by molar-refractivity contribution is -0.116. The van der Waals surface area contributed by atoms with Crippen LogP contribution < -0.4 is 10.9 Å². The number of nitrogens with zero attached hydrogens (tertiary/aromatic N) is 1. The number of benzene rings is 1. The number of hydrogen-bond donors (Lipinski definition) is 1. The first-order valence-electron chi connectivity index (χ1n) is 5.78. The van der Waals surface area contributed by atoms with Crippen molar-refractivity contribution >= 4 is 27.5 Å². The maximum absolute atomic E-state index is 11.9. The Labute approximate surface area is 119 Å². The molecule has 0 aliphatic rings. The summed E-state index contributed by atoms with van der Waals surface area (Å²) in [6.07, 6.45) is 1.66. The van der Waals surface area contributed by atoms with Crippen LogP contribution in [0, 0.1) is 6.92 Å². The molecule has 1 aromatic carbocycles. The molecule has 5 heteroatoms. The van der Waals surface area contributed by atoms with E-state index in [2.05, 4.69) is 21.2 Å². The van der Waals surface area contributed by atoms with Crippen LogP contribution in [0.4, 0.5) is 5.69 Å². The number of halogens is 1. The second-order valence-corrected chi connectivity index (χ2v) is 5.07. The van der Waals surface area contributed by atoms with Crippen LogP contribution in [0.1, 0.15) is 5.56 Å². The summed E-state index contributed by atoms with van der Waals surface area (Å²) in [6, 6.07) is 10.9. The molecule has 1 N–H and O–H groups in total. The van der Waals surface area contributed by atoms with Crippen LogP contribution >= 0.6 is 15.9 Å². The van der Waals surface area contributed by atoms with Crippen molar-refractivity contribution in [3.05, 3.63) is 63.0 Å². The molecule has 1 amide bonds. The minimum atomic E-state index is -0.231. The van der Waals surface area contributed by atoms with Crippen LogP contribution in [0.15, 0.2) is 51.9 Å². The fourth-order valence-electron chi connectivity index (χ4n) is 1.73. The van der Waals surface area contributed by atoms with Crippen LogP contribution in [0.25, 0.3) is 0 Å². The van der Waals surface area contributed by atoms with Gasteiger partial charge in [0.15, 0.2) is 0 Å². The van der Waals surface area contributed by atoms with Crippen molar-refractivity contribution in [1.29, 1.82) is 0 Å². The van der Waals surface area contributed by atoms with Crippen LogP contribution in [0.5, 0.6) is 0 Å². The molecule has 0 aliphatic heterocycles. The van der Waals surface area contributed by atoms with Crippen molar-refractivity contribution in [2.75, 3.05) is 5.32 Å². The first-order valence-corrected chi connectivity index (χ1v) is 6.57. The molecule has 0 saturated heterocycles. The third-order valence-electron chi connectivity index (χ3n) is 2.55. The fraction of sp³-hybridized carbons (Fsp3) is 0.143. The molecule has 0 radical (unpaired) electrons. The summed E-state index contributed by atoms with van der Waals surface area (Å²) in [7, 11) is 0. The lowest BCUT2D eigenvalue weighted by Gasteiger charge is -2.08. The quantitative estimate of drug-likeness (QED) is 0.944. The highest BCUT2D eigenvalue weighted by Crippen LogP contribution is 2.07. The molecule has 4 nitrogen and oxygen atoms in total. The predicted molar refractivity (Wildman–Crippen MR) is 78.2 cm³/mol. The van der Waals surface area contributed by atoms with Crippen molar-refractivity contribution in [3.63, 3.8) is 0 Å². The topological polar surface area (TPSA) is 51.1 Å². The molecular weight excluding hydrogens is 308 g/mol. The normalized spacial score (nSPS) is 10.2. The highest BCUT2D eigenvalue weighted by molar-refractivity contribution is 9.10. The van der Waals surface area contributed by atoms with Crippen molar-refractivity contribution in [1.82, 2.24) is 4.57 Å². The van der Waals surface area contributed by atoms with Gasteiger partial charge in [-0.3, -0.25) is 9.59 Å². The van der Waals surface area contributed by atoms with Gasteiger partial charge in [-0.15, -0.1) is 0 Å². The second kappa shape index (κ2) is 5.84. The second-order valence-electron chi connectivity index (χ2n) is 4.21. The Morgan fingerprint density at radius 3 is 2.68 bits per heavy atom. The smallest absolute Gasteiger partial charge is 0.265 e. The average molecular weight is 321 g/mol. The highest BCUT2D eigenvalue weighted by atomic mass is 79.9. The van der Waals surface area contributed by atoms with Crippen molar-refractivity contribution in [2.24, 2.45) is 0 Å². The average Bonchev–Trinajstić information content (AvgIpc) is 2.36. The van der Waals surface area contributed by atoms with Crippen LogP contribution in [0.3, 0.4) is 0 Å². The standard InChI is InChI=1S/C14H13BrN2O2/c1-10-7-12(15)14(19)17(8-10)9-13(18)16-11-5-3-2-4-6-11/h2-8H,9H2,1H3,(H,16,18). The largest absolute Gasteiger partial charge is 0.325 e. The summed E-state index contributed by atoms with van der Waals surface area (Å²) in [5.74, 6) is -0.231. The van der Waals surface area contributed by atoms with Crippen molar-refractivity contribution < 1.29 is 4.79 Å². The van der Waals surface area contributed by atoms with Crippen molar-refractivity contribution in [3.8, 4) is 0 Å². The molecule has 0 saturated carbocycles. The third kappa shape index (κ3) is 3.54. The summed E-state index contributed by atoms with van der Waals surface area (Å²) in [5, 5.41) is 2.74. The van der Waals surface area contributed by atoms with E-state index in [-0.39, 0.29) is 18.0 Å². The number of aromatic nitrogens is 1. The first kappa shape index (κ1) is 13.5. The highest BCUT2D eigenvalue weighted by Gasteiger charge is 2.07. The number of rotatable bonds is 3. The zero-order valence-electron chi connectivity index (χ0n) is 10.4. The maximum Gasteiger partial charge on any atom is 0.265 e. The Morgan fingerprint density at radius 1 is 1.32 bits per heavy atom. The number of para-hydroxylation sites is 1. The van der Waals surface area contributed by atoms with Gasteiger partial charge in [0.05, 0.1) is 4.47 Å². The zero-order valence-corrected chi connectivity index (χ0v) is 12.0. The fourth-order valence-corrected chi connectivity index (χ4v) is 2.32. The van der Waals surface area contributed by atoms with E-state index in [0.29, 0.717) is 10.2 Å². The molecular formula is C14H13BrN2O2. The van der Waals surface area contributed by atoms with Gasteiger partial charge >= 0.3 is 0 Å². The van der Waals surface area contributed by atoms with Crippen LogP contribution in [-0.2, 0) is 11.3 Å². The van der Waals surface area contributed by atoms with Gasteiger partial charge in [-0.25, -0.2) is 0 Å². The molecule has 98 valence electrons. The van der Waals surface area contributed by atoms with Gasteiger partial charge in [0.25, 0.3) is 5.56 Å². The van der Waals surface area contributed by atoms with Crippen molar-refractivity contribution in [2.45, 2.75) is 13.5 Å². The molecule has 0 unspecified atom stereocenters. The Bertz CT molecular complexity index is 650. The molecule has 0 fully saturated rings. The van der Waals surface area contributed by atoms with Crippen LogP contribution in [0.2, 0.25) is 0 Å². The molecule has 0 bridgehead atoms. The van der Waals surface area contributed by atoms with Gasteiger partial charge in [-0.05, 0) is 46.6 Å². The molecule has 0 spiro atoms. The molecule has 1 aromatic heterocycles. The monoisotopic (exact) mass is 320 g/mol. The van der Waals surface area contributed by atoms with E-state index in [4.69, 9.17) is 0 Å². The summed E-state index contributed by atoms with van der Waals surface area (Å²) < 4.78 is 1.84. The van der Waals surface area contributed by atoms with E-state index >= 15 is 0 Å². The maximum atomic E-state index is 11.9. The number of carbonyl (C=O) groups is 1. The number of carbonyl (C=O) groups excluding carboxylic acids is 1. The van der Waals surface area contributed by atoms with Gasteiger partial charge in [0.2, 0.25) is 5.91 Å². The summed E-state index contributed by atoms with van der Waals surface area (Å²) >= 11 is 3.19. The minimum Gasteiger partial charge on any atom is -0.325 e. The van der Waals surface area contributed by atoms with E-state index in [1.807, 2.05) is 25.1 Å². The third-order valence-corrected chi connectivity index (χ3v) is 3.12. The molecule has 19 heavy (non-hydrogen) atoms. The van der Waals surface area contributed by atoms with E-state index in [9.17, 15) is 9.59 Å². The molecule has 1 heterocycles. The Morgan fingerprint density at radius 2 is 2.00 bits per heavy atom. The first-order chi connectivity index (χ1) is 9.06. The molecule has 0 aliphatic carbocycles.